The highest BCUT2D eigenvalue weighted by molar-refractivity contribution is 6.35. The molecule has 0 aliphatic heterocycles. The van der Waals surface area contributed by atoms with Crippen LogP contribution in [0.4, 0.5) is 5.69 Å². The summed E-state index contributed by atoms with van der Waals surface area (Å²) in [7, 11) is 0. The Kier molecular flexibility index (Phi) is 8.00. The summed E-state index contributed by atoms with van der Waals surface area (Å²) in [6.45, 7) is 0.511. The fourth-order valence-corrected chi connectivity index (χ4v) is 8.99. The van der Waals surface area contributed by atoms with Crippen molar-refractivity contribution in [3.05, 3.63) is 218 Å². The monoisotopic (exact) mass is 742 g/mol. The van der Waals surface area contributed by atoms with Gasteiger partial charge in [0.05, 0.1) is 28.9 Å². The Morgan fingerprint density at radius 2 is 1.00 bits per heavy atom. The first-order chi connectivity index (χ1) is 28.7. The van der Waals surface area contributed by atoms with Crippen LogP contribution in [0.25, 0.3) is 82.2 Å². The topological polar surface area (TPSA) is 45.7 Å². The zero-order valence-corrected chi connectivity index (χ0v) is 31.7. The Balaban J connectivity index is 1.07. The van der Waals surface area contributed by atoms with Crippen molar-refractivity contribution in [3.8, 4) is 27.9 Å². The molecule has 0 unspecified atom stereocenters. The second kappa shape index (κ2) is 13.8. The van der Waals surface area contributed by atoms with E-state index >= 15 is 0 Å². The van der Waals surface area contributed by atoms with Gasteiger partial charge in [-0.3, -0.25) is 5.41 Å². The first-order valence-electron chi connectivity index (χ1n) is 19.8. The quantitative estimate of drug-likeness (QED) is 0.118. The minimum Gasteiger partial charge on any atom is -0.367 e. The Morgan fingerprint density at radius 1 is 0.448 bits per heavy atom. The summed E-state index contributed by atoms with van der Waals surface area (Å²) in [5, 5.41) is 22.3. The van der Waals surface area contributed by atoms with E-state index in [1.807, 2.05) is 18.2 Å². The number of nitrogens with one attached hydrogen (secondary N) is 2. The normalized spacial score (nSPS) is 11.6. The lowest BCUT2D eigenvalue weighted by atomic mass is 9.92. The van der Waals surface area contributed by atoms with Crippen LogP contribution in [0.1, 0.15) is 11.1 Å². The molecule has 0 amide bonds. The molecule has 274 valence electrons. The maximum Gasteiger partial charge on any atom is 0.0926 e. The zero-order valence-electron chi connectivity index (χ0n) is 31.7. The molecule has 4 heteroatoms. The molecule has 0 spiro atoms. The van der Waals surface area contributed by atoms with Crippen molar-refractivity contribution in [2.45, 2.75) is 6.67 Å². The number of nitrogens with zero attached hydrogens (tertiary/aromatic N) is 2. The number of anilines is 1. The van der Waals surface area contributed by atoms with E-state index in [1.54, 1.807) is 0 Å². The summed E-state index contributed by atoms with van der Waals surface area (Å²) < 4.78 is 4.74. The van der Waals surface area contributed by atoms with E-state index in [0.717, 1.165) is 50.3 Å². The van der Waals surface area contributed by atoms with E-state index in [2.05, 4.69) is 203 Å². The number of benzene rings is 9. The van der Waals surface area contributed by atoms with Crippen LogP contribution < -0.4 is 5.32 Å². The predicted molar refractivity (Wildman–Crippen MR) is 245 cm³/mol. The van der Waals surface area contributed by atoms with Crippen LogP contribution in [0.15, 0.2) is 206 Å². The van der Waals surface area contributed by atoms with Gasteiger partial charge in [-0.25, -0.2) is 0 Å². The number of para-hydroxylation sites is 2. The molecule has 0 bridgehead atoms. The Morgan fingerprint density at radius 3 is 1.69 bits per heavy atom. The van der Waals surface area contributed by atoms with Crippen molar-refractivity contribution in [1.82, 2.24) is 9.13 Å². The molecular weight excluding hydrogens is 705 g/mol. The van der Waals surface area contributed by atoms with Crippen LogP contribution in [-0.4, -0.2) is 14.8 Å². The van der Waals surface area contributed by atoms with E-state index < -0.39 is 0 Å². The van der Waals surface area contributed by atoms with Crippen LogP contribution in [0.5, 0.6) is 0 Å². The lowest BCUT2D eigenvalue weighted by Gasteiger charge is -2.17. The summed E-state index contributed by atoms with van der Waals surface area (Å²) in [5.74, 6) is 0. The number of fused-ring (bicyclic) bond motifs is 10. The molecule has 0 atom stereocenters. The van der Waals surface area contributed by atoms with Crippen molar-refractivity contribution in [3.63, 3.8) is 0 Å². The molecule has 0 aliphatic rings. The summed E-state index contributed by atoms with van der Waals surface area (Å²) >= 11 is 0. The zero-order chi connectivity index (χ0) is 38.6. The molecule has 0 saturated carbocycles. The third-order valence-electron chi connectivity index (χ3n) is 11.7. The highest BCUT2D eigenvalue weighted by atomic mass is 15.1. The van der Waals surface area contributed by atoms with Gasteiger partial charge in [-0.2, -0.15) is 0 Å². The van der Waals surface area contributed by atoms with Crippen LogP contribution in [0.3, 0.4) is 0 Å². The van der Waals surface area contributed by atoms with Gasteiger partial charge in [-0.05, 0) is 93.0 Å². The summed E-state index contributed by atoms with van der Waals surface area (Å²) in [5.41, 5.74) is 12.2. The van der Waals surface area contributed by atoms with Gasteiger partial charge in [-0.1, -0.05) is 146 Å². The Hall–Kier alpha value is -7.69. The van der Waals surface area contributed by atoms with E-state index in [-0.39, 0.29) is 0 Å². The second-order valence-electron chi connectivity index (χ2n) is 14.9. The van der Waals surface area contributed by atoms with Crippen LogP contribution in [-0.2, 0) is 6.67 Å². The van der Waals surface area contributed by atoms with Crippen molar-refractivity contribution >= 4 is 65.7 Å². The van der Waals surface area contributed by atoms with Crippen LogP contribution in [0, 0.1) is 5.41 Å². The average molecular weight is 743 g/mol. The lowest BCUT2D eigenvalue weighted by molar-refractivity contribution is 0.844. The molecule has 0 saturated heterocycles. The van der Waals surface area contributed by atoms with Crippen molar-refractivity contribution in [1.29, 1.82) is 5.41 Å². The number of hydrogen-bond donors (Lipinski definition) is 2. The summed E-state index contributed by atoms with van der Waals surface area (Å²) in [6.07, 6.45) is 2.20. The van der Waals surface area contributed by atoms with Crippen molar-refractivity contribution in [2.75, 3.05) is 5.32 Å². The highest BCUT2D eigenvalue weighted by Crippen LogP contribution is 2.44. The largest absolute Gasteiger partial charge is 0.367 e. The van der Waals surface area contributed by atoms with Gasteiger partial charge in [-0.15, -0.1) is 0 Å². The third-order valence-corrected chi connectivity index (χ3v) is 11.7. The fraction of sp³-hybridized carbons (Fsp3) is 0.0185. The first-order valence-corrected chi connectivity index (χ1v) is 19.8. The molecule has 11 aromatic rings. The van der Waals surface area contributed by atoms with Crippen LogP contribution >= 0.6 is 0 Å². The summed E-state index contributed by atoms with van der Waals surface area (Å²) in [6, 6.07) is 70.7. The molecule has 2 N–H and O–H groups in total. The third kappa shape index (κ3) is 5.49. The predicted octanol–water partition coefficient (Wildman–Crippen LogP) is 13.9. The Bertz CT molecular complexity index is 3280. The molecule has 2 heterocycles. The SMILES string of the molecule is N=C(c1cc(-c2ccccc2)cc(-c2ccccc2)c1)c1ccccc1NCn1c2ccc3c(ccn3-c3ccccc3)c2c2c3ccccc3c3ccccc3c21. The van der Waals surface area contributed by atoms with Crippen molar-refractivity contribution in [2.24, 2.45) is 0 Å². The summed E-state index contributed by atoms with van der Waals surface area (Å²) in [4.78, 5) is 0. The molecule has 0 fully saturated rings. The fourth-order valence-electron chi connectivity index (χ4n) is 8.99. The number of hydrogen-bond acceptors (Lipinski definition) is 2. The molecule has 0 radical (unpaired) electrons. The molecular formula is C54H38N4. The molecule has 58 heavy (non-hydrogen) atoms. The second-order valence-corrected chi connectivity index (χ2v) is 14.9. The molecule has 2 aromatic heterocycles. The first kappa shape index (κ1) is 33.6. The average Bonchev–Trinajstić information content (AvgIpc) is 3.89. The number of rotatable bonds is 8. The number of aromatic nitrogens is 2. The molecule has 9 aromatic carbocycles. The van der Waals surface area contributed by atoms with Crippen molar-refractivity contribution < 1.29 is 0 Å². The van der Waals surface area contributed by atoms with Gasteiger partial charge in [0.25, 0.3) is 0 Å². The van der Waals surface area contributed by atoms with Gasteiger partial charge in [0.15, 0.2) is 0 Å². The van der Waals surface area contributed by atoms with E-state index in [9.17, 15) is 5.41 Å². The lowest BCUT2D eigenvalue weighted by Crippen LogP contribution is -2.12. The van der Waals surface area contributed by atoms with E-state index in [4.69, 9.17) is 0 Å². The minimum atomic E-state index is 0.473. The maximum absolute atomic E-state index is 9.76. The molecule has 11 rings (SSSR count). The van der Waals surface area contributed by atoms with Gasteiger partial charge >= 0.3 is 0 Å². The van der Waals surface area contributed by atoms with E-state index in [1.165, 1.54) is 48.7 Å². The smallest absolute Gasteiger partial charge is 0.0926 e. The standard InChI is InChI=1S/C54H38N4/c55-53(40-33-38(36-16-4-1-5-17-36)32-39(34-40)37-18-6-2-7-19-37)46-26-14-15-27-48(46)56-35-58-50-29-28-49-47(30-31-57(49)41-20-8-3-9-21-41)51(50)52-44-24-12-10-22-42(44)43-23-11-13-25-45(43)54(52)58/h1-34,55-56H,35H2. The Labute approximate surface area is 336 Å². The highest BCUT2D eigenvalue weighted by Gasteiger charge is 2.21. The van der Waals surface area contributed by atoms with Gasteiger partial charge in [0.2, 0.25) is 0 Å². The van der Waals surface area contributed by atoms with Gasteiger partial charge in [0.1, 0.15) is 0 Å². The molecule has 4 nitrogen and oxygen atoms in total. The molecule has 0 aliphatic carbocycles. The van der Waals surface area contributed by atoms with Gasteiger partial charge < -0.3 is 14.5 Å². The maximum atomic E-state index is 9.76. The minimum absolute atomic E-state index is 0.473. The van der Waals surface area contributed by atoms with Gasteiger partial charge in [0, 0.05) is 50.2 Å². The van der Waals surface area contributed by atoms with Crippen LogP contribution in [0.2, 0.25) is 0 Å². The van der Waals surface area contributed by atoms with E-state index in [0.29, 0.717) is 12.4 Å².